The van der Waals surface area contributed by atoms with Crippen molar-refractivity contribution in [1.82, 2.24) is 10.0 Å². The van der Waals surface area contributed by atoms with Crippen molar-refractivity contribution in [3.05, 3.63) is 59.2 Å². The number of aldehydes is 1. The molecule has 0 unspecified atom stereocenters. The number of carboxylic acids is 2. The third-order valence-electron chi connectivity index (χ3n) is 4.27. The minimum atomic E-state index is -4.06. The molecule has 32 heavy (non-hydrogen) atoms. The molecule has 0 saturated carbocycles. The number of nitrogens with one attached hydrogen (secondary N) is 2. The Kier molecular flexibility index (Phi) is 8.04. The predicted molar refractivity (Wildman–Crippen MR) is 109 cm³/mol. The predicted octanol–water partition coefficient (Wildman–Crippen LogP) is 0.270. The highest BCUT2D eigenvalue weighted by molar-refractivity contribution is 7.89. The third-order valence-corrected chi connectivity index (χ3v) is 5.67. The van der Waals surface area contributed by atoms with Crippen LogP contribution in [0.25, 0.3) is 0 Å². The lowest BCUT2D eigenvalue weighted by Gasteiger charge is -2.11. The van der Waals surface area contributed by atoms with Crippen LogP contribution in [0.5, 0.6) is 5.75 Å². The van der Waals surface area contributed by atoms with Gasteiger partial charge in [0, 0.05) is 6.54 Å². The molecule has 0 spiro atoms. The third kappa shape index (κ3) is 6.89. The Labute approximate surface area is 182 Å². The van der Waals surface area contributed by atoms with E-state index in [1.165, 1.54) is 0 Å². The van der Waals surface area contributed by atoms with E-state index < -0.39 is 51.6 Å². The van der Waals surface area contributed by atoms with Gasteiger partial charge in [-0.25, -0.2) is 17.9 Å². The Morgan fingerprint density at radius 3 is 2.19 bits per heavy atom. The van der Waals surface area contributed by atoms with Gasteiger partial charge in [0.2, 0.25) is 15.9 Å². The zero-order valence-electron chi connectivity index (χ0n) is 16.5. The average molecular weight is 464 g/mol. The van der Waals surface area contributed by atoms with Crippen LogP contribution in [0.4, 0.5) is 0 Å². The summed E-state index contributed by atoms with van der Waals surface area (Å²) in [5, 5.41) is 29.5. The normalized spacial score (nSPS) is 12.0. The summed E-state index contributed by atoms with van der Waals surface area (Å²) >= 11 is 0. The number of benzene rings is 2. The SMILES string of the molecule is O=C[C@H](CC(=O)O)NC(=O)Cc1ccc(CNS(=O)(=O)c2ccc(O)c(C(=O)O)c2)cc1. The maximum atomic E-state index is 12.4. The van der Waals surface area contributed by atoms with Crippen molar-refractivity contribution in [2.45, 2.75) is 30.3 Å². The minimum absolute atomic E-state index is 0.110. The zero-order chi connectivity index (χ0) is 23.9. The lowest BCUT2D eigenvalue weighted by molar-refractivity contribution is -0.138. The molecule has 2 aromatic carbocycles. The first kappa shape index (κ1) is 24.5. The van der Waals surface area contributed by atoms with Gasteiger partial charge in [-0.1, -0.05) is 24.3 Å². The number of sulfonamides is 1. The molecule has 0 saturated heterocycles. The summed E-state index contributed by atoms with van der Waals surface area (Å²) in [5.41, 5.74) is 0.556. The summed E-state index contributed by atoms with van der Waals surface area (Å²) in [6, 6.07) is 8.04. The summed E-state index contributed by atoms with van der Waals surface area (Å²) in [7, 11) is -4.06. The Morgan fingerprint density at radius 1 is 1.00 bits per heavy atom. The highest BCUT2D eigenvalue weighted by atomic mass is 32.2. The number of aliphatic carboxylic acids is 1. The van der Waals surface area contributed by atoms with Crippen LogP contribution in [-0.4, -0.2) is 53.9 Å². The molecule has 1 amide bonds. The second-order valence-corrected chi connectivity index (χ2v) is 8.48. The number of rotatable bonds is 11. The van der Waals surface area contributed by atoms with Crippen molar-refractivity contribution in [3.8, 4) is 5.75 Å². The maximum absolute atomic E-state index is 12.4. The summed E-state index contributed by atoms with van der Waals surface area (Å²) in [4.78, 5) is 44.1. The van der Waals surface area contributed by atoms with E-state index in [4.69, 9.17) is 10.2 Å². The van der Waals surface area contributed by atoms with E-state index in [1.807, 2.05) is 0 Å². The van der Waals surface area contributed by atoms with Crippen LogP contribution in [0.2, 0.25) is 0 Å². The van der Waals surface area contributed by atoms with Crippen LogP contribution in [0, 0.1) is 0 Å². The van der Waals surface area contributed by atoms with Crippen LogP contribution in [0.1, 0.15) is 27.9 Å². The number of carbonyl (C=O) groups excluding carboxylic acids is 2. The van der Waals surface area contributed by atoms with Gasteiger partial charge in [-0.3, -0.25) is 9.59 Å². The first-order valence-electron chi connectivity index (χ1n) is 9.12. The molecule has 2 rings (SSSR count). The molecule has 2 aromatic rings. The molecule has 12 heteroatoms. The van der Waals surface area contributed by atoms with Gasteiger partial charge in [0.25, 0.3) is 0 Å². The largest absolute Gasteiger partial charge is 0.507 e. The number of carboxylic acid groups (broad SMARTS) is 2. The van der Waals surface area contributed by atoms with Crippen LogP contribution in [0.15, 0.2) is 47.4 Å². The molecular weight excluding hydrogens is 444 g/mol. The lowest BCUT2D eigenvalue weighted by atomic mass is 10.1. The maximum Gasteiger partial charge on any atom is 0.339 e. The molecule has 0 bridgehead atoms. The van der Waals surface area contributed by atoms with Crippen LogP contribution < -0.4 is 10.0 Å². The molecule has 0 aliphatic carbocycles. The van der Waals surface area contributed by atoms with Gasteiger partial charge in [0.1, 0.15) is 17.6 Å². The summed E-state index contributed by atoms with van der Waals surface area (Å²) in [6.45, 7) is -0.121. The molecule has 170 valence electrons. The number of phenols is 1. The van der Waals surface area contributed by atoms with Gasteiger partial charge < -0.3 is 25.4 Å². The quantitative estimate of drug-likeness (QED) is 0.291. The van der Waals surface area contributed by atoms with Crippen molar-refractivity contribution in [1.29, 1.82) is 0 Å². The van der Waals surface area contributed by atoms with Gasteiger partial charge >= 0.3 is 11.9 Å². The Bertz CT molecular complexity index is 1130. The van der Waals surface area contributed by atoms with Gasteiger partial charge in [0.05, 0.1) is 23.8 Å². The fraction of sp³-hybridized carbons (Fsp3) is 0.200. The molecule has 0 aromatic heterocycles. The lowest BCUT2D eigenvalue weighted by Crippen LogP contribution is -2.38. The van der Waals surface area contributed by atoms with E-state index in [1.54, 1.807) is 24.3 Å². The molecule has 0 radical (unpaired) electrons. The monoisotopic (exact) mass is 464 g/mol. The number of aromatic hydroxyl groups is 1. The first-order chi connectivity index (χ1) is 15.0. The highest BCUT2D eigenvalue weighted by Crippen LogP contribution is 2.21. The molecule has 0 aliphatic rings. The van der Waals surface area contributed by atoms with Gasteiger partial charge in [-0.05, 0) is 29.3 Å². The number of hydrogen-bond donors (Lipinski definition) is 5. The summed E-state index contributed by atoms with van der Waals surface area (Å²) in [5.74, 6) is -3.79. The molecule has 11 nitrogen and oxygen atoms in total. The van der Waals surface area contributed by atoms with E-state index in [-0.39, 0.29) is 17.9 Å². The van der Waals surface area contributed by atoms with Crippen molar-refractivity contribution in [3.63, 3.8) is 0 Å². The topological polar surface area (TPSA) is 187 Å². The standard InChI is InChI=1S/C20H20N2O9S/c23-11-14(8-19(26)27)22-18(25)7-12-1-3-13(4-2-12)10-21-32(30,31)15-5-6-17(24)16(9-15)20(28)29/h1-6,9,11,14,21,24H,7-8,10H2,(H,22,25)(H,26,27)(H,28,29)/t14-/m0/s1. The summed E-state index contributed by atoms with van der Waals surface area (Å²) in [6.07, 6.45) is -0.292. The number of carbonyl (C=O) groups is 4. The van der Waals surface area contributed by atoms with Crippen molar-refractivity contribution >= 4 is 34.2 Å². The van der Waals surface area contributed by atoms with Crippen LogP contribution in [-0.2, 0) is 37.4 Å². The number of amides is 1. The van der Waals surface area contributed by atoms with Crippen LogP contribution in [0.3, 0.4) is 0 Å². The first-order valence-corrected chi connectivity index (χ1v) is 10.6. The Balaban J connectivity index is 1.98. The highest BCUT2D eigenvalue weighted by Gasteiger charge is 2.19. The van der Waals surface area contributed by atoms with Gasteiger partial charge in [-0.2, -0.15) is 0 Å². The zero-order valence-corrected chi connectivity index (χ0v) is 17.3. The van der Waals surface area contributed by atoms with E-state index in [9.17, 15) is 32.7 Å². The summed E-state index contributed by atoms with van der Waals surface area (Å²) < 4.78 is 27.1. The van der Waals surface area contributed by atoms with Crippen LogP contribution >= 0.6 is 0 Å². The molecule has 0 fully saturated rings. The van der Waals surface area contributed by atoms with Crippen molar-refractivity contribution < 1.29 is 42.9 Å². The molecule has 1 atom stereocenters. The molecule has 0 heterocycles. The fourth-order valence-electron chi connectivity index (χ4n) is 2.65. The number of hydrogen-bond acceptors (Lipinski definition) is 7. The van der Waals surface area contributed by atoms with E-state index in [0.29, 0.717) is 17.4 Å². The average Bonchev–Trinajstić information content (AvgIpc) is 2.72. The van der Waals surface area contributed by atoms with Gasteiger partial charge in [0.15, 0.2) is 0 Å². The Morgan fingerprint density at radius 2 is 1.62 bits per heavy atom. The van der Waals surface area contributed by atoms with Gasteiger partial charge in [-0.15, -0.1) is 0 Å². The smallest absolute Gasteiger partial charge is 0.339 e. The fourth-order valence-corrected chi connectivity index (χ4v) is 3.70. The number of aromatic carboxylic acids is 1. The van der Waals surface area contributed by atoms with Crippen molar-refractivity contribution in [2.75, 3.05) is 0 Å². The molecule has 0 aliphatic heterocycles. The molecule has 5 N–H and O–H groups in total. The molecular formula is C20H20N2O9S. The van der Waals surface area contributed by atoms with Crippen molar-refractivity contribution in [2.24, 2.45) is 0 Å². The minimum Gasteiger partial charge on any atom is -0.507 e. The van der Waals surface area contributed by atoms with E-state index >= 15 is 0 Å². The van der Waals surface area contributed by atoms with E-state index in [0.717, 1.165) is 18.2 Å². The second-order valence-electron chi connectivity index (χ2n) is 6.71. The second kappa shape index (κ2) is 10.5. The Hall–Kier alpha value is -3.77. The van der Waals surface area contributed by atoms with E-state index in [2.05, 4.69) is 10.0 Å².